The average Bonchev–Trinajstić information content (AvgIpc) is 3.37. The van der Waals surface area contributed by atoms with Gasteiger partial charge in [-0.3, -0.25) is 19.8 Å². The second kappa shape index (κ2) is 8.58. The van der Waals surface area contributed by atoms with E-state index in [4.69, 9.17) is 16.6 Å². The predicted octanol–water partition coefficient (Wildman–Crippen LogP) is 7.18. The molecule has 5 rings (SSSR count). The quantitative estimate of drug-likeness (QED) is 0.119. The van der Waals surface area contributed by atoms with Crippen LogP contribution in [0.1, 0.15) is 5.76 Å². The Hall–Kier alpha value is -3.27. The molecule has 1 aliphatic rings. The van der Waals surface area contributed by atoms with E-state index in [1.54, 1.807) is 29.2 Å². The molecule has 0 spiro atoms. The number of furan rings is 1. The Morgan fingerprint density at radius 3 is 2.64 bits per heavy atom. The summed E-state index contributed by atoms with van der Waals surface area (Å²) in [6.07, 6.45) is 1.66. The van der Waals surface area contributed by atoms with Crippen LogP contribution in [0.4, 0.5) is 11.4 Å². The second-order valence-corrected chi connectivity index (χ2v) is 9.67. The van der Waals surface area contributed by atoms with E-state index < -0.39 is 4.92 Å². The molecule has 1 aromatic heterocycles. The number of nitro groups is 1. The van der Waals surface area contributed by atoms with Crippen molar-refractivity contribution in [3.63, 3.8) is 0 Å². The summed E-state index contributed by atoms with van der Waals surface area (Å²) in [6.45, 7) is 0. The van der Waals surface area contributed by atoms with E-state index in [0.717, 1.165) is 16.5 Å². The number of nitro benzene ring substituents is 1. The lowest BCUT2D eigenvalue weighted by atomic mass is 10.1. The number of carbonyl (C=O) groups excluding carboxylic acids is 1. The van der Waals surface area contributed by atoms with Crippen molar-refractivity contribution < 1.29 is 14.1 Å². The summed E-state index contributed by atoms with van der Waals surface area (Å²) in [5.74, 6) is 0.789. The monoisotopic (exact) mass is 536 g/mol. The van der Waals surface area contributed by atoms with Gasteiger partial charge in [-0.25, -0.2) is 0 Å². The molecule has 2 heterocycles. The van der Waals surface area contributed by atoms with E-state index in [9.17, 15) is 14.9 Å². The molecule has 0 N–H and O–H groups in total. The Bertz CT molecular complexity index is 1490. The lowest BCUT2D eigenvalue weighted by Crippen LogP contribution is -2.27. The van der Waals surface area contributed by atoms with Gasteiger partial charge >= 0.3 is 0 Å². The van der Waals surface area contributed by atoms with Gasteiger partial charge in [0.05, 0.1) is 15.5 Å². The molecule has 162 valence electrons. The molecule has 9 heteroatoms. The van der Waals surface area contributed by atoms with E-state index in [0.29, 0.717) is 30.8 Å². The first-order chi connectivity index (χ1) is 15.9. The molecule has 0 bridgehead atoms. The summed E-state index contributed by atoms with van der Waals surface area (Å²) in [5, 5.41) is 12.9. The number of anilines is 1. The van der Waals surface area contributed by atoms with E-state index in [-0.39, 0.29) is 11.6 Å². The number of carbonyl (C=O) groups is 1. The van der Waals surface area contributed by atoms with Crippen LogP contribution in [0.5, 0.6) is 0 Å². The van der Waals surface area contributed by atoms with Crippen molar-refractivity contribution in [3.8, 4) is 11.3 Å². The minimum atomic E-state index is -0.458. The smallest absolute Gasteiger partial charge is 0.270 e. The van der Waals surface area contributed by atoms with Crippen LogP contribution < -0.4 is 4.90 Å². The van der Waals surface area contributed by atoms with Gasteiger partial charge < -0.3 is 4.42 Å². The number of amides is 1. The maximum atomic E-state index is 13.2. The molecule has 0 aliphatic carbocycles. The Kier molecular flexibility index (Phi) is 5.61. The molecule has 1 saturated heterocycles. The van der Waals surface area contributed by atoms with Crippen LogP contribution in [0, 0.1) is 10.1 Å². The maximum Gasteiger partial charge on any atom is 0.270 e. The number of thioether (sulfide) groups is 1. The summed E-state index contributed by atoms with van der Waals surface area (Å²) in [6, 6.07) is 21.6. The highest BCUT2D eigenvalue weighted by atomic mass is 79.9. The third-order valence-corrected chi connectivity index (χ3v) is 7.09. The van der Waals surface area contributed by atoms with Crippen LogP contribution >= 0.6 is 39.9 Å². The summed E-state index contributed by atoms with van der Waals surface area (Å²) in [4.78, 5) is 25.7. The highest BCUT2D eigenvalue weighted by Gasteiger charge is 2.34. The highest BCUT2D eigenvalue weighted by Crippen LogP contribution is 2.39. The number of thiocarbonyl (C=S) groups is 1. The molecule has 4 aromatic rings. The number of fused-ring (bicyclic) bond motifs is 1. The van der Waals surface area contributed by atoms with Gasteiger partial charge in [0.2, 0.25) is 0 Å². The van der Waals surface area contributed by atoms with Crippen LogP contribution in [0.25, 0.3) is 28.2 Å². The maximum absolute atomic E-state index is 13.2. The topological polar surface area (TPSA) is 76.6 Å². The van der Waals surface area contributed by atoms with Crippen molar-refractivity contribution >= 4 is 78.4 Å². The van der Waals surface area contributed by atoms with Crippen LogP contribution in [-0.2, 0) is 4.79 Å². The standard InChI is InChI=1S/C24H13BrN2O4S2/c25-19-12-15(27(29)30)8-10-18(19)21-11-9-16(31-21)13-22-23(28)26(24(32)33-22)20-7-3-5-14-4-1-2-6-17(14)20/h1-13H/b22-13+. The molecular formula is C24H13BrN2O4S2. The van der Waals surface area contributed by atoms with Crippen molar-refractivity contribution in [3.05, 3.63) is 98.0 Å². The number of rotatable bonds is 4. The summed E-state index contributed by atoms with van der Waals surface area (Å²) in [5.41, 5.74) is 1.40. The van der Waals surface area contributed by atoms with Gasteiger partial charge in [-0.1, -0.05) is 60.4 Å². The number of hydrogen-bond acceptors (Lipinski definition) is 6. The Balaban J connectivity index is 1.46. The fourth-order valence-electron chi connectivity index (χ4n) is 3.60. The fraction of sp³-hybridized carbons (Fsp3) is 0. The first-order valence-electron chi connectivity index (χ1n) is 9.72. The van der Waals surface area contributed by atoms with Crippen molar-refractivity contribution in [1.82, 2.24) is 0 Å². The largest absolute Gasteiger partial charge is 0.457 e. The molecule has 6 nitrogen and oxygen atoms in total. The van der Waals surface area contributed by atoms with Crippen molar-refractivity contribution in [2.75, 3.05) is 4.90 Å². The molecule has 0 saturated carbocycles. The third kappa shape index (κ3) is 3.99. The molecule has 3 aromatic carbocycles. The predicted molar refractivity (Wildman–Crippen MR) is 138 cm³/mol. The Labute approximate surface area is 206 Å². The molecule has 33 heavy (non-hydrogen) atoms. The minimum absolute atomic E-state index is 0.0190. The molecule has 1 fully saturated rings. The molecule has 0 radical (unpaired) electrons. The van der Waals surface area contributed by atoms with E-state index >= 15 is 0 Å². The van der Waals surface area contributed by atoms with Gasteiger partial charge in [0.25, 0.3) is 11.6 Å². The highest BCUT2D eigenvalue weighted by molar-refractivity contribution is 9.10. The van der Waals surface area contributed by atoms with Crippen LogP contribution in [0.15, 0.2) is 86.6 Å². The zero-order chi connectivity index (χ0) is 23.1. The first-order valence-corrected chi connectivity index (χ1v) is 11.7. The zero-order valence-corrected chi connectivity index (χ0v) is 19.9. The van der Waals surface area contributed by atoms with Gasteiger partial charge in [0.15, 0.2) is 4.32 Å². The van der Waals surface area contributed by atoms with E-state index in [1.807, 2.05) is 42.5 Å². The van der Waals surface area contributed by atoms with Crippen molar-refractivity contribution in [2.24, 2.45) is 0 Å². The molecule has 1 amide bonds. The van der Waals surface area contributed by atoms with Gasteiger partial charge in [-0.2, -0.15) is 0 Å². The lowest BCUT2D eigenvalue weighted by Gasteiger charge is -2.17. The second-order valence-electron chi connectivity index (χ2n) is 7.14. The number of benzene rings is 3. The summed E-state index contributed by atoms with van der Waals surface area (Å²) in [7, 11) is 0. The number of nitrogens with zero attached hydrogens (tertiary/aromatic N) is 2. The van der Waals surface area contributed by atoms with Gasteiger partial charge in [-0.05, 0) is 45.6 Å². The van der Waals surface area contributed by atoms with E-state index in [1.165, 1.54) is 23.9 Å². The molecule has 0 unspecified atom stereocenters. The van der Waals surface area contributed by atoms with Crippen molar-refractivity contribution in [2.45, 2.75) is 0 Å². The Morgan fingerprint density at radius 2 is 1.85 bits per heavy atom. The van der Waals surface area contributed by atoms with Crippen LogP contribution in [-0.4, -0.2) is 15.2 Å². The minimum Gasteiger partial charge on any atom is -0.457 e. The van der Waals surface area contributed by atoms with Gasteiger partial charge in [-0.15, -0.1) is 0 Å². The Morgan fingerprint density at radius 1 is 1.06 bits per heavy atom. The molecule has 0 atom stereocenters. The SMILES string of the molecule is O=C1/C(=C\c2ccc(-c3ccc([N+](=O)[O-])cc3Br)o2)SC(=S)N1c1cccc2ccccc12. The van der Waals surface area contributed by atoms with E-state index in [2.05, 4.69) is 15.9 Å². The number of non-ortho nitro benzene ring substituents is 1. The number of halogens is 1. The van der Waals surface area contributed by atoms with Gasteiger partial charge in [0, 0.05) is 33.6 Å². The van der Waals surface area contributed by atoms with Crippen LogP contribution in [0.2, 0.25) is 0 Å². The fourth-order valence-corrected chi connectivity index (χ4v) is 5.43. The first kappa shape index (κ1) is 21.6. The molecular weight excluding hydrogens is 524 g/mol. The number of hydrogen-bond donors (Lipinski definition) is 0. The average molecular weight is 537 g/mol. The zero-order valence-electron chi connectivity index (χ0n) is 16.7. The third-order valence-electron chi connectivity index (χ3n) is 5.13. The lowest BCUT2D eigenvalue weighted by molar-refractivity contribution is -0.384. The van der Waals surface area contributed by atoms with Crippen LogP contribution in [0.3, 0.4) is 0 Å². The van der Waals surface area contributed by atoms with Gasteiger partial charge in [0.1, 0.15) is 11.5 Å². The molecule has 1 aliphatic heterocycles. The van der Waals surface area contributed by atoms with Crippen molar-refractivity contribution in [1.29, 1.82) is 0 Å². The summed E-state index contributed by atoms with van der Waals surface area (Å²) >= 11 is 10.1. The summed E-state index contributed by atoms with van der Waals surface area (Å²) < 4.78 is 6.90. The normalized spacial score (nSPS) is 15.1.